The van der Waals surface area contributed by atoms with E-state index in [0.29, 0.717) is 30.4 Å². The molecule has 3 N–H and O–H groups in total. The third-order valence-corrected chi connectivity index (χ3v) is 8.66. The van der Waals surface area contributed by atoms with Gasteiger partial charge in [-0.2, -0.15) is 0 Å². The Balaban J connectivity index is 1.71. The number of hydrogen-bond donors (Lipinski definition) is 3. The molecule has 4 aliphatic rings. The van der Waals surface area contributed by atoms with E-state index < -0.39 is 48.7 Å². The summed E-state index contributed by atoms with van der Waals surface area (Å²) in [6, 6.07) is 0. The average Bonchev–Trinajstić information content (AvgIpc) is 2.91. The van der Waals surface area contributed by atoms with Gasteiger partial charge in [0.05, 0.1) is 6.10 Å². The summed E-state index contributed by atoms with van der Waals surface area (Å²) in [5.41, 5.74) is -2.10. The zero-order chi connectivity index (χ0) is 23.0. The maximum absolute atomic E-state index is 16.9. The van der Waals surface area contributed by atoms with Crippen molar-refractivity contribution < 1.29 is 38.0 Å². The number of alkyl halides is 1. The number of aliphatic hydroxyl groups is 1. The lowest BCUT2D eigenvalue weighted by molar-refractivity contribution is -0.185. The van der Waals surface area contributed by atoms with Gasteiger partial charge in [0, 0.05) is 22.3 Å². The number of carbonyl (C=O) groups is 2. The molecule has 4 aliphatic carbocycles. The molecule has 170 valence electrons. The minimum absolute atomic E-state index is 0.00362. The Morgan fingerprint density at radius 2 is 2.00 bits per heavy atom. The smallest absolute Gasteiger partial charge is 0.390 e. The number of phosphoric acid groups is 1. The first kappa shape index (κ1) is 22.7. The first-order chi connectivity index (χ1) is 14.2. The van der Waals surface area contributed by atoms with Gasteiger partial charge in [0.1, 0.15) is 6.61 Å². The van der Waals surface area contributed by atoms with Gasteiger partial charge in [0.15, 0.2) is 17.2 Å². The van der Waals surface area contributed by atoms with Gasteiger partial charge in [-0.1, -0.05) is 24.1 Å². The maximum Gasteiger partial charge on any atom is 0.470 e. The van der Waals surface area contributed by atoms with Crippen LogP contribution >= 0.6 is 7.82 Å². The minimum Gasteiger partial charge on any atom is -0.390 e. The molecule has 0 spiro atoms. The van der Waals surface area contributed by atoms with Gasteiger partial charge in [-0.3, -0.25) is 14.1 Å². The number of rotatable bonds is 4. The topological polar surface area (TPSA) is 121 Å². The number of ketones is 2. The SMILES string of the molecule is CC1=C(C(=O)COP(=O)(O)O)[C@@]2(C)C[C@H](O)[C@@]3(F)[C@@H](CCC4=CC(=O)C=C[C@@]43C)[C@@H]2C1. The van der Waals surface area contributed by atoms with E-state index in [0.717, 1.165) is 5.57 Å². The first-order valence-corrected chi connectivity index (χ1v) is 12.0. The van der Waals surface area contributed by atoms with E-state index in [2.05, 4.69) is 4.52 Å². The van der Waals surface area contributed by atoms with Crippen LogP contribution in [0.3, 0.4) is 0 Å². The number of hydrogen-bond acceptors (Lipinski definition) is 5. The highest BCUT2D eigenvalue weighted by Gasteiger charge is 2.70. The molecule has 0 aromatic carbocycles. The van der Waals surface area contributed by atoms with Crippen molar-refractivity contribution in [3.05, 3.63) is 34.9 Å². The predicted molar refractivity (Wildman–Crippen MR) is 109 cm³/mol. The first-order valence-electron chi connectivity index (χ1n) is 10.5. The van der Waals surface area contributed by atoms with Crippen molar-refractivity contribution in [3.8, 4) is 0 Å². The van der Waals surface area contributed by atoms with Crippen molar-refractivity contribution in [2.75, 3.05) is 6.61 Å². The third kappa shape index (κ3) is 3.18. The Hall–Kier alpha value is -1.44. The van der Waals surface area contributed by atoms with E-state index in [1.54, 1.807) is 19.9 Å². The monoisotopic (exact) mass is 454 g/mol. The minimum atomic E-state index is -4.81. The highest BCUT2D eigenvalue weighted by Crippen LogP contribution is 2.68. The van der Waals surface area contributed by atoms with Crippen LogP contribution in [0.4, 0.5) is 4.39 Å². The second-order valence-electron chi connectivity index (χ2n) is 9.81. The molecule has 31 heavy (non-hydrogen) atoms. The van der Waals surface area contributed by atoms with Gasteiger partial charge >= 0.3 is 7.82 Å². The predicted octanol–water partition coefficient (Wildman–Crippen LogP) is 2.96. The molecule has 0 bridgehead atoms. The fourth-order valence-corrected chi connectivity index (χ4v) is 7.20. The molecular weight excluding hydrogens is 426 g/mol. The van der Waals surface area contributed by atoms with Crippen molar-refractivity contribution >= 4 is 19.4 Å². The second kappa shape index (κ2) is 7.03. The Morgan fingerprint density at radius 3 is 2.65 bits per heavy atom. The summed E-state index contributed by atoms with van der Waals surface area (Å²) in [7, 11) is -4.81. The molecule has 6 atom stereocenters. The van der Waals surface area contributed by atoms with Crippen molar-refractivity contribution in [3.63, 3.8) is 0 Å². The van der Waals surface area contributed by atoms with E-state index in [-0.39, 0.29) is 18.1 Å². The largest absolute Gasteiger partial charge is 0.470 e. The fraction of sp³-hybridized carbons (Fsp3) is 0.636. The van der Waals surface area contributed by atoms with Gasteiger partial charge in [0.2, 0.25) is 0 Å². The van der Waals surface area contributed by atoms with Gasteiger partial charge in [-0.15, -0.1) is 0 Å². The molecule has 0 aromatic rings. The van der Waals surface area contributed by atoms with Crippen LogP contribution in [0.1, 0.15) is 46.5 Å². The Labute approximate surface area is 180 Å². The van der Waals surface area contributed by atoms with Crippen LogP contribution in [0.5, 0.6) is 0 Å². The van der Waals surface area contributed by atoms with E-state index in [4.69, 9.17) is 9.79 Å². The standard InChI is InChI=1S/C22H28FO7P/c1-12-8-16-15-5-4-13-9-14(24)6-7-21(13,3)22(15,23)18(26)10-20(16,2)19(12)17(25)11-30-31(27,28)29/h6-7,9,15-16,18,26H,4-5,8,10-11H2,1-3H3,(H2,27,28,29)/t15-,16-,18-,20-,21-,22-/m0/s1. The van der Waals surface area contributed by atoms with Crippen molar-refractivity contribution in [1.82, 2.24) is 0 Å². The molecule has 0 aliphatic heterocycles. The quantitative estimate of drug-likeness (QED) is 0.559. The maximum atomic E-state index is 16.9. The number of Topliss-reactive ketones (excluding diaryl/α,β-unsaturated/α-hetero) is 1. The molecule has 2 saturated carbocycles. The van der Waals surface area contributed by atoms with E-state index in [1.165, 1.54) is 12.2 Å². The van der Waals surface area contributed by atoms with Crippen molar-refractivity contribution in [1.29, 1.82) is 0 Å². The summed E-state index contributed by atoms with van der Waals surface area (Å²) in [5, 5.41) is 11.2. The van der Waals surface area contributed by atoms with E-state index >= 15 is 4.39 Å². The van der Waals surface area contributed by atoms with Gasteiger partial charge in [-0.05, 0) is 57.6 Å². The number of allylic oxidation sites excluding steroid dienone is 5. The molecule has 0 heterocycles. The van der Waals surface area contributed by atoms with Crippen LogP contribution in [0.15, 0.2) is 34.9 Å². The van der Waals surface area contributed by atoms with E-state index in [9.17, 15) is 19.3 Å². The van der Waals surface area contributed by atoms with E-state index in [1.807, 2.05) is 6.92 Å². The summed E-state index contributed by atoms with van der Waals surface area (Å²) in [6.07, 6.45) is 4.50. The lowest BCUT2D eigenvalue weighted by atomic mass is 9.45. The molecule has 4 rings (SSSR count). The molecule has 0 saturated heterocycles. The number of halogens is 1. The molecule has 0 amide bonds. The number of phosphoric ester groups is 1. The van der Waals surface area contributed by atoms with Crippen molar-refractivity contribution in [2.24, 2.45) is 22.7 Å². The average molecular weight is 454 g/mol. The summed E-state index contributed by atoms with van der Waals surface area (Å²) in [4.78, 5) is 42.7. The summed E-state index contributed by atoms with van der Waals surface area (Å²) < 4.78 is 32.4. The van der Waals surface area contributed by atoms with Gasteiger partial charge in [0.25, 0.3) is 0 Å². The van der Waals surface area contributed by atoms with Gasteiger partial charge < -0.3 is 14.9 Å². The van der Waals surface area contributed by atoms with Crippen LogP contribution in [0.2, 0.25) is 0 Å². The van der Waals surface area contributed by atoms with Crippen molar-refractivity contribution in [2.45, 2.75) is 58.2 Å². The Kier molecular flexibility index (Phi) is 5.16. The molecule has 9 heteroatoms. The highest BCUT2D eigenvalue weighted by atomic mass is 31.2. The molecule has 0 aromatic heterocycles. The molecule has 7 nitrogen and oxygen atoms in total. The zero-order valence-corrected chi connectivity index (χ0v) is 18.7. The van der Waals surface area contributed by atoms with Crippen LogP contribution in [0, 0.1) is 22.7 Å². The zero-order valence-electron chi connectivity index (χ0n) is 17.8. The Morgan fingerprint density at radius 1 is 1.32 bits per heavy atom. The van der Waals surface area contributed by atoms with Crippen LogP contribution in [0.25, 0.3) is 0 Å². The number of fused-ring (bicyclic) bond motifs is 5. The summed E-state index contributed by atoms with van der Waals surface area (Å²) >= 11 is 0. The Bertz CT molecular complexity index is 994. The lowest BCUT2D eigenvalue weighted by Gasteiger charge is -2.61. The molecule has 2 fully saturated rings. The third-order valence-electron chi connectivity index (χ3n) is 8.20. The second-order valence-corrected chi connectivity index (χ2v) is 11.1. The summed E-state index contributed by atoms with van der Waals surface area (Å²) in [5.74, 6) is -1.51. The molecular formula is C22H28FO7P. The van der Waals surface area contributed by atoms with Gasteiger partial charge in [-0.25, -0.2) is 8.96 Å². The lowest BCUT2D eigenvalue weighted by Crippen LogP contribution is -2.66. The summed E-state index contributed by atoms with van der Waals surface area (Å²) in [6.45, 7) is 4.57. The number of aliphatic hydroxyl groups excluding tert-OH is 1. The van der Waals surface area contributed by atoms with Crippen LogP contribution < -0.4 is 0 Å². The fourth-order valence-electron chi connectivity index (χ4n) is 6.92. The van der Waals surface area contributed by atoms with Crippen LogP contribution in [-0.4, -0.2) is 44.8 Å². The number of carbonyl (C=O) groups excluding carboxylic acids is 2. The molecule has 0 radical (unpaired) electrons. The normalized spacial score (nSPS) is 42.1. The molecule has 0 unspecified atom stereocenters. The van der Waals surface area contributed by atoms with Crippen LogP contribution in [-0.2, 0) is 18.7 Å². The highest BCUT2D eigenvalue weighted by molar-refractivity contribution is 7.46.